The molecule has 92 valence electrons. The van der Waals surface area contributed by atoms with Crippen LogP contribution in [0.15, 0.2) is 0 Å². The SMILES string of the molecule is O=C(N(C1CCNCC1)C1CC1)C(F)(F)F. The van der Waals surface area contributed by atoms with Crippen LogP contribution in [0.3, 0.4) is 0 Å². The van der Waals surface area contributed by atoms with Gasteiger partial charge in [-0.05, 0) is 38.8 Å². The van der Waals surface area contributed by atoms with Gasteiger partial charge < -0.3 is 10.2 Å². The highest BCUT2D eigenvalue weighted by molar-refractivity contribution is 5.82. The maximum Gasteiger partial charge on any atom is 0.471 e. The minimum absolute atomic E-state index is 0.169. The van der Waals surface area contributed by atoms with E-state index in [4.69, 9.17) is 0 Å². The summed E-state index contributed by atoms with van der Waals surface area (Å²) in [6.07, 6.45) is -2.05. The molecule has 0 unspecified atom stereocenters. The fourth-order valence-electron chi connectivity index (χ4n) is 2.21. The van der Waals surface area contributed by atoms with Crippen molar-refractivity contribution >= 4 is 5.91 Å². The third kappa shape index (κ3) is 2.48. The number of piperidine rings is 1. The van der Waals surface area contributed by atoms with Crippen molar-refractivity contribution in [2.24, 2.45) is 0 Å². The van der Waals surface area contributed by atoms with Crippen molar-refractivity contribution in [3.05, 3.63) is 0 Å². The summed E-state index contributed by atoms with van der Waals surface area (Å²) in [4.78, 5) is 12.4. The first-order valence-electron chi connectivity index (χ1n) is 5.60. The molecule has 0 spiro atoms. The molecule has 1 saturated heterocycles. The summed E-state index contributed by atoms with van der Waals surface area (Å²) in [5.41, 5.74) is 0. The van der Waals surface area contributed by atoms with Crippen LogP contribution in [0.4, 0.5) is 13.2 Å². The average Bonchev–Trinajstić information content (AvgIpc) is 3.02. The molecule has 2 rings (SSSR count). The van der Waals surface area contributed by atoms with Crippen molar-refractivity contribution in [2.75, 3.05) is 13.1 Å². The fraction of sp³-hybridized carbons (Fsp3) is 0.900. The van der Waals surface area contributed by atoms with Gasteiger partial charge in [0.25, 0.3) is 0 Å². The first-order valence-corrected chi connectivity index (χ1v) is 5.60. The van der Waals surface area contributed by atoms with E-state index in [2.05, 4.69) is 5.32 Å². The predicted octanol–water partition coefficient (Wildman–Crippen LogP) is 1.29. The Hall–Kier alpha value is -0.780. The summed E-state index contributed by atoms with van der Waals surface area (Å²) in [5.74, 6) is -1.65. The Labute approximate surface area is 92.0 Å². The summed E-state index contributed by atoms with van der Waals surface area (Å²) in [7, 11) is 0. The third-order valence-electron chi connectivity index (χ3n) is 3.12. The van der Waals surface area contributed by atoms with Crippen LogP contribution < -0.4 is 5.32 Å². The number of nitrogens with one attached hydrogen (secondary N) is 1. The molecule has 2 fully saturated rings. The number of halogens is 3. The summed E-state index contributed by atoms with van der Waals surface area (Å²) in [6.45, 7) is 1.39. The molecule has 1 aliphatic carbocycles. The van der Waals surface area contributed by atoms with Gasteiger partial charge in [-0.1, -0.05) is 0 Å². The van der Waals surface area contributed by atoms with Gasteiger partial charge in [0.05, 0.1) is 0 Å². The van der Waals surface area contributed by atoms with Crippen LogP contribution in [0.2, 0.25) is 0 Å². The molecule has 1 heterocycles. The van der Waals surface area contributed by atoms with Gasteiger partial charge in [0.2, 0.25) is 0 Å². The quantitative estimate of drug-likeness (QED) is 0.783. The largest absolute Gasteiger partial charge is 0.471 e. The molecule has 0 bridgehead atoms. The second kappa shape index (κ2) is 4.24. The topological polar surface area (TPSA) is 32.3 Å². The van der Waals surface area contributed by atoms with E-state index in [1.165, 1.54) is 0 Å². The van der Waals surface area contributed by atoms with Gasteiger partial charge in [-0.25, -0.2) is 0 Å². The Kier molecular flexibility index (Phi) is 3.10. The lowest BCUT2D eigenvalue weighted by Crippen LogP contribution is -2.51. The molecule has 0 atom stereocenters. The van der Waals surface area contributed by atoms with E-state index in [0.717, 1.165) is 4.90 Å². The van der Waals surface area contributed by atoms with Crippen LogP contribution in [0.5, 0.6) is 0 Å². The Bertz CT molecular complexity index is 270. The number of carbonyl (C=O) groups is 1. The lowest BCUT2D eigenvalue weighted by atomic mass is 10.0. The van der Waals surface area contributed by atoms with Crippen LogP contribution in [-0.2, 0) is 4.79 Å². The van der Waals surface area contributed by atoms with Crippen molar-refractivity contribution < 1.29 is 18.0 Å². The van der Waals surface area contributed by atoms with Gasteiger partial charge in [0.15, 0.2) is 0 Å². The van der Waals surface area contributed by atoms with Gasteiger partial charge in [-0.3, -0.25) is 4.79 Å². The molecule has 3 nitrogen and oxygen atoms in total. The highest BCUT2D eigenvalue weighted by Crippen LogP contribution is 2.34. The lowest BCUT2D eigenvalue weighted by molar-refractivity contribution is -0.189. The van der Waals surface area contributed by atoms with E-state index < -0.39 is 12.1 Å². The number of alkyl halides is 3. The summed E-state index contributed by atoms with van der Waals surface area (Å²) in [6, 6.07) is -0.403. The third-order valence-corrected chi connectivity index (χ3v) is 3.12. The van der Waals surface area contributed by atoms with E-state index in [-0.39, 0.29) is 12.1 Å². The molecule has 1 saturated carbocycles. The Morgan fingerprint density at radius 3 is 2.00 bits per heavy atom. The zero-order chi connectivity index (χ0) is 11.8. The molecule has 1 amide bonds. The van der Waals surface area contributed by atoms with E-state index >= 15 is 0 Å². The molecule has 6 heteroatoms. The van der Waals surface area contributed by atoms with Crippen molar-refractivity contribution in [3.63, 3.8) is 0 Å². The normalized spacial score (nSPS) is 23.2. The predicted molar refractivity (Wildman–Crippen MR) is 51.8 cm³/mol. The Morgan fingerprint density at radius 1 is 1.06 bits per heavy atom. The van der Waals surface area contributed by atoms with Gasteiger partial charge in [0, 0.05) is 12.1 Å². The summed E-state index contributed by atoms with van der Waals surface area (Å²) in [5, 5.41) is 3.09. The maximum atomic E-state index is 12.4. The molecular formula is C10H15F3N2O. The highest BCUT2D eigenvalue weighted by Gasteiger charge is 2.49. The van der Waals surface area contributed by atoms with Crippen LogP contribution in [0, 0.1) is 0 Å². The monoisotopic (exact) mass is 236 g/mol. The van der Waals surface area contributed by atoms with Crippen molar-refractivity contribution in [1.29, 1.82) is 0 Å². The standard InChI is InChI=1S/C10H15F3N2O/c11-10(12,13)9(16)15(7-1-2-7)8-3-5-14-6-4-8/h7-8,14H,1-6H2. The molecular weight excluding hydrogens is 221 g/mol. The maximum absolute atomic E-state index is 12.4. The smallest absolute Gasteiger partial charge is 0.329 e. The first kappa shape index (κ1) is 11.7. The molecule has 0 aromatic heterocycles. The highest BCUT2D eigenvalue weighted by atomic mass is 19.4. The second-order valence-corrected chi connectivity index (χ2v) is 4.42. The Balaban J connectivity index is 2.07. The number of amides is 1. The molecule has 0 aromatic rings. The van der Waals surface area contributed by atoms with E-state index in [1.807, 2.05) is 0 Å². The molecule has 1 N–H and O–H groups in total. The van der Waals surface area contributed by atoms with Crippen molar-refractivity contribution in [2.45, 2.75) is 43.9 Å². The molecule has 1 aliphatic heterocycles. The average molecular weight is 236 g/mol. The van der Waals surface area contributed by atoms with Crippen molar-refractivity contribution in [1.82, 2.24) is 10.2 Å². The first-order chi connectivity index (χ1) is 7.50. The van der Waals surface area contributed by atoms with Crippen molar-refractivity contribution in [3.8, 4) is 0 Å². The summed E-state index contributed by atoms with van der Waals surface area (Å²) >= 11 is 0. The Morgan fingerprint density at radius 2 is 1.56 bits per heavy atom. The number of rotatable bonds is 2. The zero-order valence-electron chi connectivity index (χ0n) is 8.89. The molecule has 16 heavy (non-hydrogen) atoms. The van der Waals surface area contributed by atoms with Crippen LogP contribution in [0.1, 0.15) is 25.7 Å². The molecule has 0 radical (unpaired) electrons. The van der Waals surface area contributed by atoms with Gasteiger partial charge in [0.1, 0.15) is 0 Å². The van der Waals surface area contributed by atoms with Gasteiger partial charge in [-0.2, -0.15) is 13.2 Å². The van der Waals surface area contributed by atoms with E-state index in [9.17, 15) is 18.0 Å². The van der Waals surface area contributed by atoms with Gasteiger partial charge >= 0.3 is 12.1 Å². The fourth-order valence-corrected chi connectivity index (χ4v) is 2.21. The number of carbonyl (C=O) groups excluding carboxylic acids is 1. The number of nitrogens with zero attached hydrogens (tertiary/aromatic N) is 1. The minimum Gasteiger partial charge on any atom is -0.329 e. The minimum atomic E-state index is -4.73. The van der Waals surface area contributed by atoms with Crippen LogP contribution in [-0.4, -0.2) is 42.2 Å². The van der Waals surface area contributed by atoms with E-state index in [1.54, 1.807) is 0 Å². The lowest BCUT2D eigenvalue weighted by Gasteiger charge is -2.35. The van der Waals surface area contributed by atoms with Crippen LogP contribution in [0.25, 0.3) is 0 Å². The van der Waals surface area contributed by atoms with E-state index in [0.29, 0.717) is 38.8 Å². The summed E-state index contributed by atoms with van der Waals surface area (Å²) < 4.78 is 37.3. The zero-order valence-corrected chi connectivity index (χ0v) is 8.89. The van der Waals surface area contributed by atoms with Gasteiger partial charge in [-0.15, -0.1) is 0 Å². The second-order valence-electron chi connectivity index (χ2n) is 4.42. The molecule has 0 aromatic carbocycles. The number of hydrogen-bond acceptors (Lipinski definition) is 2. The number of hydrogen-bond donors (Lipinski definition) is 1. The molecule has 2 aliphatic rings. The van der Waals surface area contributed by atoms with Crippen LogP contribution >= 0.6 is 0 Å².